The Hall–Kier alpha value is -0.860. The van der Waals surface area contributed by atoms with Gasteiger partial charge in [0.05, 0.1) is 6.10 Å². The maximum absolute atomic E-state index is 5.77. The van der Waals surface area contributed by atoms with Crippen LogP contribution in [0.25, 0.3) is 0 Å². The highest BCUT2D eigenvalue weighted by Crippen LogP contribution is 2.40. The van der Waals surface area contributed by atoms with Gasteiger partial charge in [-0.25, -0.2) is 0 Å². The van der Waals surface area contributed by atoms with Crippen LogP contribution >= 0.6 is 0 Å². The number of fused-ring (bicyclic) bond motifs is 3. The minimum absolute atomic E-state index is 0.472. The summed E-state index contributed by atoms with van der Waals surface area (Å²) in [7, 11) is 0. The molecular weight excluding hydrogens is 246 g/mol. The topological polar surface area (TPSA) is 21.3 Å². The highest BCUT2D eigenvalue weighted by Gasteiger charge is 2.38. The Balaban J connectivity index is 1.46. The second-order valence-corrected chi connectivity index (χ2v) is 6.84. The molecule has 2 heteroatoms. The van der Waals surface area contributed by atoms with Crippen molar-refractivity contribution in [2.24, 2.45) is 11.8 Å². The van der Waals surface area contributed by atoms with Gasteiger partial charge >= 0.3 is 0 Å². The Morgan fingerprint density at radius 2 is 1.70 bits per heavy atom. The predicted octanol–water partition coefficient (Wildman–Crippen LogP) is 2.95. The summed E-state index contributed by atoms with van der Waals surface area (Å²) in [5.74, 6) is 1.68. The van der Waals surface area contributed by atoms with E-state index in [1.54, 1.807) is 11.1 Å². The van der Waals surface area contributed by atoms with E-state index in [0.717, 1.165) is 25.0 Å². The summed E-state index contributed by atoms with van der Waals surface area (Å²) in [6, 6.07) is 9.80. The van der Waals surface area contributed by atoms with Gasteiger partial charge in [-0.1, -0.05) is 24.3 Å². The molecule has 4 rings (SSSR count). The summed E-state index contributed by atoms with van der Waals surface area (Å²) in [4.78, 5) is 0. The third-order valence-corrected chi connectivity index (χ3v) is 5.61. The zero-order chi connectivity index (χ0) is 13.4. The standard InChI is InChI=1S/C18H25NO/c1-2-5-14-11-16-8-7-15(10-13(14)4-1)18(16)19-12-17-6-3-9-20-17/h1-2,4-5,15-19H,3,6-12H2. The summed E-state index contributed by atoms with van der Waals surface area (Å²) in [5, 5.41) is 3.88. The van der Waals surface area contributed by atoms with Crippen molar-refractivity contribution in [2.75, 3.05) is 13.2 Å². The van der Waals surface area contributed by atoms with Crippen LogP contribution in [0, 0.1) is 11.8 Å². The Morgan fingerprint density at radius 3 is 2.30 bits per heavy atom. The molecule has 1 aromatic carbocycles. The Labute approximate surface area is 121 Å². The highest BCUT2D eigenvalue weighted by atomic mass is 16.5. The molecule has 0 aromatic heterocycles. The lowest BCUT2D eigenvalue weighted by molar-refractivity contribution is 0.104. The molecule has 20 heavy (non-hydrogen) atoms. The normalized spacial score (nSPS) is 35.8. The molecule has 1 aromatic rings. The first-order valence-electron chi connectivity index (χ1n) is 8.32. The van der Waals surface area contributed by atoms with E-state index in [1.807, 2.05) is 0 Å². The average Bonchev–Trinajstić information content (AvgIpc) is 3.04. The molecule has 2 aliphatic carbocycles. The molecule has 2 fully saturated rings. The fourth-order valence-electron chi connectivity index (χ4n) is 4.56. The predicted molar refractivity (Wildman–Crippen MR) is 80.8 cm³/mol. The molecule has 1 saturated heterocycles. The molecule has 2 bridgehead atoms. The molecule has 3 unspecified atom stereocenters. The third-order valence-electron chi connectivity index (χ3n) is 5.61. The van der Waals surface area contributed by atoms with Crippen LogP contribution in [0.3, 0.4) is 0 Å². The Morgan fingerprint density at radius 1 is 1.00 bits per heavy atom. The first-order chi connectivity index (χ1) is 9.90. The molecule has 2 nitrogen and oxygen atoms in total. The van der Waals surface area contributed by atoms with Crippen molar-refractivity contribution in [1.82, 2.24) is 5.32 Å². The van der Waals surface area contributed by atoms with Gasteiger partial charge in [-0.15, -0.1) is 0 Å². The van der Waals surface area contributed by atoms with Gasteiger partial charge in [0, 0.05) is 19.2 Å². The molecule has 0 radical (unpaired) electrons. The van der Waals surface area contributed by atoms with Crippen molar-refractivity contribution < 1.29 is 4.74 Å². The molecule has 1 saturated carbocycles. The summed E-state index contributed by atoms with van der Waals surface area (Å²) in [6.07, 6.45) is 8.32. The van der Waals surface area contributed by atoms with E-state index in [4.69, 9.17) is 4.74 Å². The SMILES string of the molecule is c1ccc2c(c1)CC1CCC(C2)C1NCC1CCCO1. The van der Waals surface area contributed by atoms with E-state index in [9.17, 15) is 0 Å². The van der Waals surface area contributed by atoms with Crippen molar-refractivity contribution in [3.05, 3.63) is 35.4 Å². The first kappa shape index (κ1) is 12.8. The smallest absolute Gasteiger partial charge is 0.0700 e. The van der Waals surface area contributed by atoms with E-state index in [1.165, 1.54) is 38.5 Å². The summed E-state index contributed by atoms with van der Waals surface area (Å²) < 4.78 is 5.77. The number of hydrogen-bond donors (Lipinski definition) is 1. The number of hydrogen-bond acceptors (Lipinski definition) is 2. The summed E-state index contributed by atoms with van der Waals surface area (Å²) in [6.45, 7) is 2.03. The molecule has 3 atom stereocenters. The van der Waals surface area contributed by atoms with Gasteiger partial charge < -0.3 is 10.1 Å². The lowest BCUT2D eigenvalue weighted by atomic mass is 9.94. The molecule has 1 heterocycles. The van der Waals surface area contributed by atoms with Crippen molar-refractivity contribution in [1.29, 1.82) is 0 Å². The van der Waals surface area contributed by atoms with Crippen LogP contribution < -0.4 is 5.32 Å². The van der Waals surface area contributed by atoms with Crippen molar-refractivity contribution >= 4 is 0 Å². The molecule has 1 N–H and O–H groups in total. The van der Waals surface area contributed by atoms with Gasteiger partial charge in [0.15, 0.2) is 0 Å². The fourth-order valence-corrected chi connectivity index (χ4v) is 4.56. The van der Waals surface area contributed by atoms with Gasteiger partial charge in [0.25, 0.3) is 0 Å². The Kier molecular flexibility index (Phi) is 3.53. The summed E-state index contributed by atoms with van der Waals surface area (Å²) >= 11 is 0. The van der Waals surface area contributed by atoms with Crippen LogP contribution in [0.2, 0.25) is 0 Å². The highest BCUT2D eigenvalue weighted by molar-refractivity contribution is 5.30. The van der Waals surface area contributed by atoms with Gasteiger partial charge in [-0.2, -0.15) is 0 Å². The fraction of sp³-hybridized carbons (Fsp3) is 0.667. The van der Waals surface area contributed by atoms with E-state index >= 15 is 0 Å². The lowest BCUT2D eigenvalue weighted by Crippen LogP contribution is -2.41. The molecule has 108 valence electrons. The lowest BCUT2D eigenvalue weighted by Gasteiger charge is -2.25. The Bertz CT molecular complexity index is 433. The van der Waals surface area contributed by atoms with Crippen LogP contribution in [0.15, 0.2) is 24.3 Å². The van der Waals surface area contributed by atoms with E-state index in [2.05, 4.69) is 29.6 Å². The average molecular weight is 271 g/mol. The zero-order valence-electron chi connectivity index (χ0n) is 12.2. The van der Waals surface area contributed by atoms with Gasteiger partial charge in [-0.05, 0) is 61.5 Å². The third kappa shape index (κ3) is 2.40. The molecule has 3 aliphatic rings. The van der Waals surface area contributed by atoms with E-state index < -0.39 is 0 Å². The zero-order valence-corrected chi connectivity index (χ0v) is 12.2. The number of benzene rings is 1. The molecular formula is C18H25NO. The van der Waals surface area contributed by atoms with Crippen LogP contribution in [0.1, 0.15) is 36.8 Å². The molecule has 0 amide bonds. The molecule has 1 aliphatic heterocycles. The van der Waals surface area contributed by atoms with Crippen LogP contribution in [-0.2, 0) is 17.6 Å². The first-order valence-corrected chi connectivity index (χ1v) is 8.32. The minimum atomic E-state index is 0.472. The maximum Gasteiger partial charge on any atom is 0.0700 e. The van der Waals surface area contributed by atoms with Gasteiger partial charge in [-0.3, -0.25) is 0 Å². The number of nitrogens with one attached hydrogen (secondary N) is 1. The van der Waals surface area contributed by atoms with Crippen molar-refractivity contribution in [3.63, 3.8) is 0 Å². The second-order valence-electron chi connectivity index (χ2n) is 6.84. The minimum Gasteiger partial charge on any atom is -0.377 e. The molecule has 0 spiro atoms. The van der Waals surface area contributed by atoms with Crippen molar-refractivity contribution in [2.45, 2.75) is 50.7 Å². The monoisotopic (exact) mass is 271 g/mol. The van der Waals surface area contributed by atoms with E-state index in [-0.39, 0.29) is 0 Å². The largest absolute Gasteiger partial charge is 0.377 e. The van der Waals surface area contributed by atoms with Gasteiger partial charge in [0.2, 0.25) is 0 Å². The van der Waals surface area contributed by atoms with Crippen LogP contribution in [0.4, 0.5) is 0 Å². The van der Waals surface area contributed by atoms with Crippen molar-refractivity contribution in [3.8, 4) is 0 Å². The van der Waals surface area contributed by atoms with Gasteiger partial charge in [0.1, 0.15) is 0 Å². The number of rotatable bonds is 3. The van der Waals surface area contributed by atoms with Crippen LogP contribution in [0.5, 0.6) is 0 Å². The second kappa shape index (κ2) is 5.50. The quantitative estimate of drug-likeness (QED) is 0.912. The maximum atomic E-state index is 5.77. The number of ether oxygens (including phenoxy) is 1. The van der Waals surface area contributed by atoms with E-state index in [0.29, 0.717) is 12.1 Å². The van der Waals surface area contributed by atoms with Crippen LogP contribution in [-0.4, -0.2) is 25.3 Å². The summed E-state index contributed by atoms with van der Waals surface area (Å²) in [5.41, 5.74) is 3.20.